The van der Waals surface area contributed by atoms with E-state index in [4.69, 9.17) is 37.2 Å². The predicted octanol–water partition coefficient (Wildman–Crippen LogP) is 5.59. The molecule has 0 aliphatic carbocycles. The summed E-state index contributed by atoms with van der Waals surface area (Å²) in [5.41, 5.74) is 1.89. The number of fused-ring (bicyclic) bond motifs is 1. The molecule has 0 aliphatic heterocycles. The van der Waals surface area contributed by atoms with Crippen molar-refractivity contribution in [1.82, 2.24) is 24.9 Å². The Balaban J connectivity index is 1.53. The highest BCUT2D eigenvalue weighted by atomic mass is 35.5. The minimum atomic E-state index is -0.212. The smallest absolute Gasteiger partial charge is 0.305 e. The molecule has 0 aliphatic rings. The van der Waals surface area contributed by atoms with Gasteiger partial charge in [-0.25, -0.2) is 4.98 Å². The van der Waals surface area contributed by atoms with E-state index in [0.29, 0.717) is 58.9 Å². The normalized spacial score (nSPS) is 11.4. The van der Waals surface area contributed by atoms with Crippen LogP contribution in [0.1, 0.15) is 33.6 Å². The van der Waals surface area contributed by atoms with Gasteiger partial charge in [0.1, 0.15) is 5.02 Å². The maximum atomic E-state index is 11.5. The number of carbonyl (C=O) groups is 1. The Morgan fingerprint density at radius 1 is 1.21 bits per heavy atom. The summed E-state index contributed by atoms with van der Waals surface area (Å²) in [6.07, 6.45) is 4.36. The highest BCUT2D eigenvalue weighted by Gasteiger charge is 2.17. The number of hydrogen-bond donors (Lipinski definition) is 0. The minimum Gasteiger partial charge on any atom is -0.474 e. The van der Waals surface area contributed by atoms with Crippen molar-refractivity contribution in [3.8, 4) is 28.7 Å². The number of esters is 1. The number of rotatable bonds is 9. The number of aromatic nitrogens is 5. The molecule has 4 rings (SSSR count). The number of nitrogens with zero attached hydrogens (tertiary/aromatic N) is 5. The molecule has 0 bridgehead atoms. The van der Waals surface area contributed by atoms with Crippen molar-refractivity contribution in [2.24, 2.45) is 0 Å². The van der Waals surface area contributed by atoms with Crippen molar-refractivity contribution in [2.45, 2.75) is 46.3 Å². The predicted molar refractivity (Wildman–Crippen MR) is 128 cm³/mol. The van der Waals surface area contributed by atoms with Crippen molar-refractivity contribution < 1.29 is 18.8 Å². The molecule has 34 heavy (non-hydrogen) atoms. The quantitative estimate of drug-likeness (QED) is 0.272. The Kier molecular flexibility index (Phi) is 7.33. The van der Waals surface area contributed by atoms with Crippen molar-refractivity contribution in [3.05, 3.63) is 40.6 Å². The van der Waals surface area contributed by atoms with Crippen LogP contribution in [-0.2, 0) is 16.1 Å². The Labute approximate surface area is 206 Å². The molecule has 1 aromatic carbocycles. The minimum absolute atomic E-state index is 0.0511. The summed E-state index contributed by atoms with van der Waals surface area (Å²) >= 11 is 12.8. The topological polar surface area (TPSA) is 105 Å². The van der Waals surface area contributed by atoms with Crippen LogP contribution in [0.25, 0.3) is 33.7 Å². The first-order chi connectivity index (χ1) is 16.3. The van der Waals surface area contributed by atoms with Crippen LogP contribution in [0, 0.1) is 0 Å². The van der Waals surface area contributed by atoms with E-state index >= 15 is 0 Å². The van der Waals surface area contributed by atoms with E-state index in [-0.39, 0.29) is 18.0 Å². The van der Waals surface area contributed by atoms with E-state index in [1.54, 1.807) is 29.9 Å². The van der Waals surface area contributed by atoms with Crippen molar-refractivity contribution >= 4 is 40.1 Å². The summed E-state index contributed by atoms with van der Waals surface area (Å²) < 4.78 is 17.7. The first-order valence-electron chi connectivity index (χ1n) is 10.8. The summed E-state index contributed by atoms with van der Waals surface area (Å²) in [6.45, 7) is 6.53. The Morgan fingerprint density at radius 2 is 2.03 bits per heavy atom. The van der Waals surface area contributed by atoms with E-state index in [2.05, 4.69) is 20.2 Å². The highest BCUT2D eigenvalue weighted by Crippen LogP contribution is 2.33. The Hall–Kier alpha value is -3.17. The van der Waals surface area contributed by atoms with Gasteiger partial charge in [0.25, 0.3) is 5.89 Å². The molecule has 0 atom stereocenters. The summed E-state index contributed by atoms with van der Waals surface area (Å²) in [6, 6.07) is 5.27. The van der Waals surface area contributed by atoms with Gasteiger partial charge in [0.05, 0.1) is 28.8 Å². The van der Waals surface area contributed by atoms with Gasteiger partial charge in [-0.3, -0.25) is 9.48 Å². The van der Waals surface area contributed by atoms with Crippen LogP contribution in [-0.4, -0.2) is 43.6 Å². The molecule has 11 heteroatoms. The van der Waals surface area contributed by atoms with Gasteiger partial charge >= 0.3 is 5.97 Å². The molecule has 3 aromatic heterocycles. The number of hydrogen-bond acceptors (Lipinski definition) is 8. The third-order valence-electron chi connectivity index (χ3n) is 4.78. The monoisotopic (exact) mass is 503 g/mol. The highest BCUT2D eigenvalue weighted by molar-refractivity contribution is 6.34. The van der Waals surface area contributed by atoms with Gasteiger partial charge < -0.3 is 14.0 Å². The molecule has 0 N–H and O–H groups in total. The lowest BCUT2D eigenvalue weighted by atomic mass is 10.1. The maximum Gasteiger partial charge on any atom is 0.305 e. The second-order valence-electron chi connectivity index (χ2n) is 7.79. The van der Waals surface area contributed by atoms with E-state index in [1.165, 1.54) is 0 Å². The molecule has 0 saturated carbocycles. The molecule has 4 aromatic rings. The van der Waals surface area contributed by atoms with E-state index in [1.807, 2.05) is 26.1 Å². The lowest BCUT2D eigenvalue weighted by Gasteiger charge is -2.09. The number of carbonyl (C=O) groups excluding carboxylic acids is 1. The number of aryl methyl sites for hydroxylation is 1. The van der Waals surface area contributed by atoms with Gasteiger partial charge in [-0.2, -0.15) is 10.1 Å². The lowest BCUT2D eigenvalue weighted by molar-refractivity contribution is -0.143. The van der Waals surface area contributed by atoms with Crippen molar-refractivity contribution in [1.29, 1.82) is 0 Å². The first-order valence-corrected chi connectivity index (χ1v) is 11.6. The molecule has 0 spiro atoms. The van der Waals surface area contributed by atoms with Crippen LogP contribution in [0.3, 0.4) is 0 Å². The summed E-state index contributed by atoms with van der Waals surface area (Å²) in [5.74, 6) is 0.714. The zero-order chi connectivity index (χ0) is 24.2. The largest absolute Gasteiger partial charge is 0.474 e. The van der Waals surface area contributed by atoms with Crippen LogP contribution in [0.4, 0.5) is 0 Å². The van der Waals surface area contributed by atoms with Gasteiger partial charge in [-0.15, -0.1) is 0 Å². The second-order valence-corrected chi connectivity index (χ2v) is 8.61. The van der Waals surface area contributed by atoms with E-state index in [0.717, 1.165) is 10.9 Å². The molecule has 0 saturated heterocycles. The van der Waals surface area contributed by atoms with E-state index in [9.17, 15) is 4.79 Å². The molecule has 0 fully saturated rings. The van der Waals surface area contributed by atoms with Gasteiger partial charge in [0.2, 0.25) is 11.7 Å². The fourth-order valence-electron chi connectivity index (χ4n) is 3.30. The van der Waals surface area contributed by atoms with Gasteiger partial charge in [-0.05, 0) is 45.4 Å². The number of benzene rings is 1. The number of ether oxygens (including phenoxy) is 2. The Morgan fingerprint density at radius 3 is 2.76 bits per heavy atom. The van der Waals surface area contributed by atoms with Gasteiger partial charge in [-0.1, -0.05) is 28.4 Å². The van der Waals surface area contributed by atoms with Crippen molar-refractivity contribution in [3.63, 3.8) is 0 Å². The summed E-state index contributed by atoms with van der Waals surface area (Å²) in [5, 5.41) is 10.2. The average Bonchev–Trinajstić information content (AvgIpc) is 3.41. The van der Waals surface area contributed by atoms with Crippen LogP contribution in [0.2, 0.25) is 10.0 Å². The molecule has 0 amide bonds. The SMILES string of the molecule is CCOC(=O)CCCn1cc2cc(-c3noc(-c4cnc(OC(C)C)c(Cl)c4)n3)c(Cl)cc2n1. The van der Waals surface area contributed by atoms with Crippen LogP contribution < -0.4 is 4.74 Å². The maximum absolute atomic E-state index is 11.5. The third-order valence-corrected chi connectivity index (χ3v) is 5.37. The molecule has 0 radical (unpaired) electrons. The second kappa shape index (κ2) is 10.4. The molecule has 178 valence electrons. The van der Waals surface area contributed by atoms with Gasteiger partial charge in [0.15, 0.2) is 0 Å². The molecular weight excluding hydrogens is 481 g/mol. The zero-order valence-corrected chi connectivity index (χ0v) is 20.4. The third kappa shape index (κ3) is 5.48. The number of halogens is 2. The van der Waals surface area contributed by atoms with Crippen molar-refractivity contribution in [2.75, 3.05) is 6.61 Å². The first kappa shape index (κ1) is 24.0. The molecule has 9 nitrogen and oxygen atoms in total. The fourth-order valence-corrected chi connectivity index (χ4v) is 3.76. The molecular formula is C23H23Cl2N5O4. The lowest BCUT2D eigenvalue weighted by Crippen LogP contribution is -2.07. The summed E-state index contributed by atoms with van der Waals surface area (Å²) in [4.78, 5) is 20.2. The average molecular weight is 504 g/mol. The fraction of sp³-hybridized carbons (Fsp3) is 0.348. The summed E-state index contributed by atoms with van der Waals surface area (Å²) in [7, 11) is 0. The van der Waals surface area contributed by atoms with Gasteiger partial charge in [0, 0.05) is 36.3 Å². The molecule has 3 heterocycles. The van der Waals surface area contributed by atoms with Crippen LogP contribution >= 0.6 is 23.2 Å². The number of pyridine rings is 1. The zero-order valence-electron chi connectivity index (χ0n) is 18.9. The Bertz CT molecular complexity index is 1320. The molecule has 0 unspecified atom stereocenters. The van der Waals surface area contributed by atoms with Crippen LogP contribution in [0.5, 0.6) is 5.88 Å². The standard InChI is InChI=1S/C23H23Cl2N5O4/c1-4-32-20(31)6-5-7-30-12-15-8-16(17(24)10-19(15)28-30)21-27-22(34-29-21)14-9-18(25)23(26-11-14)33-13(2)3/h8-13H,4-7H2,1-3H3. The van der Waals surface area contributed by atoms with Crippen LogP contribution in [0.15, 0.2) is 35.1 Å². The van der Waals surface area contributed by atoms with E-state index < -0.39 is 0 Å².